The van der Waals surface area contributed by atoms with Crippen LogP contribution >= 0.6 is 22.9 Å². The van der Waals surface area contributed by atoms with Gasteiger partial charge in [0.05, 0.1) is 5.02 Å². The fourth-order valence-electron chi connectivity index (χ4n) is 1.08. The van der Waals surface area contributed by atoms with Gasteiger partial charge in [0.2, 0.25) is 0 Å². The van der Waals surface area contributed by atoms with E-state index in [9.17, 15) is 0 Å². The lowest BCUT2D eigenvalue weighted by atomic mass is 10.2. The topological polar surface area (TPSA) is 38.9 Å². The third-order valence-corrected chi connectivity index (χ3v) is 2.78. The van der Waals surface area contributed by atoms with Crippen LogP contribution in [0.1, 0.15) is 0 Å². The van der Waals surface area contributed by atoms with Crippen LogP contribution in [-0.2, 0) is 0 Å². The molecule has 2 nitrogen and oxygen atoms in total. The lowest BCUT2D eigenvalue weighted by Crippen LogP contribution is -1.92. The highest BCUT2D eigenvalue weighted by Crippen LogP contribution is 2.30. The lowest BCUT2D eigenvalue weighted by molar-refractivity contribution is 1.34. The summed E-state index contributed by atoms with van der Waals surface area (Å²) >= 11 is 7.44. The molecule has 4 heteroatoms. The van der Waals surface area contributed by atoms with Gasteiger partial charge in [0.25, 0.3) is 0 Å². The molecule has 0 radical (unpaired) electrons. The first-order chi connectivity index (χ1) is 6.27. The summed E-state index contributed by atoms with van der Waals surface area (Å²) in [5.74, 6) is 0.520. The first kappa shape index (κ1) is 8.53. The molecule has 0 saturated carbocycles. The minimum atomic E-state index is 0.520. The standard InChI is InChI=1S/C9H7ClN2S/c10-6-4-7(9(11)12-5-6)8-2-1-3-13-8/h1-5H,(H2,11,12). The highest BCUT2D eigenvalue weighted by atomic mass is 35.5. The van der Waals surface area contributed by atoms with Crippen molar-refractivity contribution in [2.75, 3.05) is 5.73 Å². The van der Waals surface area contributed by atoms with Gasteiger partial charge in [-0.05, 0) is 17.5 Å². The maximum absolute atomic E-state index is 5.82. The highest BCUT2D eigenvalue weighted by Gasteiger charge is 2.04. The average Bonchev–Trinajstić information content (AvgIpc) is 2.61. The number of nitrogen functional groups attached to an aromatic ring is 1. The van der Waals surface area contributed by atoms with Crippen molar-refractivity contribution in [2.24, 2.45) is 0 Å². The summed E-state index contributed by atoms with van der Waals surface area (Å²) in [6.45, 7) is 0. The zero-order valence-electron chi connectivity index (χ0n) is 6.70. The van der Waals surface area contributed by atoms with Crippen LogP contribution in [0.4, 0.5) is 5.82 Å². The average molecular weight is 211 g/mol. The first-order valence-corrected chi connectivity index (χ1v) is 4.98. The Balaban J connectivity index is 2.57. The molecule has 0 amide bonds. The summed E-state index contributed by atoms with van der Waals surface area (Å²) in [5, 5.41) is 2.60. The molecule has 0 saturated heterocycles. The van der Waals surface area contributed by atoms with E-state index in [1.165, 1.54) is 0 Å². The van der Waals surface area contributed by atoms with E-state index in [1.807, 2.05) is 23.6 Å². The van der Waals surface area contributed by atoms with Gasteiger partial charge in [0.1, 0.15) is 5.82 Å². The number of nitrogens with two attached hydrogens (primary N) is 1. The third kappa shape index (κ3) is 1.66. The van der Waals surface area contributed by atoms with Crippen molar-refractivity contribution >= 4 is 28.8 Å². The monoisotopic (exact) mass is 210 g/mol. The summed E-state index contributed by atoms with van der Waals surface area (Å²) in [4.78, 5) is 5.08. The van der Waals surface area contributed by atoms with Gasteiger partial charge in [-0.1, -0.05) is 17.7 Å². The normalized spacial score (nSPS) is 10.2. The van der Waals surface area contributed by atoms with Gasteiger partial charge in [-0.3, -0.25) is 0 Å². The second-order valence-electron chi connectivity index (χ2n) is 2.56. The lowest BCUT2D eigenvalue weighted by Gasteiger charge is -2.01. The fraction of sp³-hybridized carbons (Fsp3) is 0. The number of aromatic nitrogens is 1. The number of pyridine rings is 1. The van der Waals surface area contributed by atoms with E-state index in [2.05, 4.69) is 4.98 Å². The molecule has 13 heavy (non-hydrogen) atoms. The van der Waals surface area contributed by atoms with Gasteiger partial charge >= 0.3 is 0 Å². The van der Waals surface area contributed by atoms with E-state index in [0.29, 0.717) is 10.8 Å². The minimum absolute atomic E-state index is 0.520. The molecule has 0 aliphatic rings. The molecule has 0 aliphatic carbocycles. The van der Waals surface area contributed by atoms with Crippen molar-refractivity contribution in [1.82, 2.24) is 4.98 Å². The molecule has 2 aromatic heterocycles. The Bertz CT molecular complexity index is 412. The fourth-order valence-corrected chi connectivity index (χ4v) is 1.99. The molecule has 0 fully saturated rings. The van der Waals surface area contributed by atoms with Crippen molar-refractivity contribution in [3.8, 4) is 10.4 Å². The van der Waals surface area contributed by atoms with E-state index in [0.717, 1.165) is 10.4 Å². The molecule has 0 unspecified atom stereocenters. The van der Waals surface area contributed by atoms with E-state index in [4.69, 9.17) is 17.3 Å². The van der Waals surface area contributed by atoms with Crippen LogP contribution in [0.3, 0.4) is 0 Å². The number of hydrogen-bond acceptors (Lipinski definition) is 3. The van der Waals surface area contributed by atoms with Gasteiger partial charge in [0.15, 0.2) is 0 Å². The molecule has 2 aromatic rings. The first-order valence-electron chi connectivity index (χ1n) is 3.72. The Labute approximate surface area is 85.0 Å². The maximum atomic E-state index is 5.82. The van der Waals surface area contributed by atoms with Crippen LogP contribution in [0, 0.1) is 0 Å². The SMILES string of the molecule is Nc1ncc(Cl)cc1-c1cccs1. The number of rotatable bonds is 1. The van der Waals surface area contributed by atoms with Crippen molar-refractivity contribution in [1.29, 1.82) is 0 Å². The molecular formula is C9H7ClN2S. The van der Waals surface area contributed by atoms with Crippen LogP contribution in [0.5, 0.6) is 0 Å². The molecule has 2 N–H and O–H groups in total. The zero-order valence-corrected chi connectivity index (χ0v) is 8.27. The number of nitrogens with zero attached hydrogens (tertiary/aromatic N) is 1. The third-order valence-electron chi connectivity index (χ3n) is 1.67. The van der Waals surface area contributed by atoms with E-state index < -0.39 is 0 Å². The quantitative estimate of drug-likeness (QED) is 0.786. The van der Waals surface area contributed by atoms with Crippen molar-refractivity contribution in [3.05, 3.63) is 34.8 Å². The van der Waals surface area contributed by atoms with Gasteiger partial charge in [-0.25, -0.2) is 4.98 Å². The Morgan fingerprint density at radius 1 is 1.46 bits per heavy atom. The molecular weight excluding hydrogens is 204 g/mol. The van der Waals surface area contributed by atoms with Crippen LogP contribution in [-0.4, -0.2) is 4.98 Å². The molecule has 2 heterocycles. The zero-order chi connectivity index (χ0) is 9.26. The highest BCUT2D eigenvalue weighted by molar-refractivity contribution is 7.13. The number of hydrogen-bond donors (Lipinski definition) is 1. The molecule has 0 bridgehead atoms. The second-order valence-corrected chi connectivity index (χ2v) is 3.95. The Morgan fingerprint density at radius 3 is 3.00 bits per heavy atom. The van der Waals surface area contributed by atoms with E-state index >= 15 is 0 Å². The van der Waals surface area contributed by atoms with Crippen molar-refractivity contribution in [3.63, 3.8) is 0 Å². The van der Waals surface area contributed by atoms with Gasteiger partial charge in [0, 0.05) is 16.6 Å². The predicted molar refractivity (Wildman–Crippen MR) is 57.0 cm³/mol. The smallest absolute Gasteiger partial charge is 0.132 e. The van der Waals surface area contributed by atoms with E-state index in [-0.39, 0.29) is 0 Å². The number of halogens is 1. The van der Waals surface area contributed by atoms with Crippen LogP contribution in [0.25, 0.3) is 10.4 Å². The van der Waals surface area contributed by atoms with Gasteiger partial charge in [-0.15, -0.1) is 11.3 Å². The summed E-state index contributed by atoms with van der Waals surface area (Å²) in [7, 11) is 0. The molecule has 0 aromatic carbocycles. The van der Waals surface area contributed by atoms with E-state index in [1.54, 1.807) is 17.5 Å². The maximum Gasteiger partial charge on any atom is 0.132 e. The summed E-state index contributed by atoms with van der Waals surface area (Å²) in [6, 6.07) is 5.80. The molecule has 0 spiro atoms. The van der Waals surface area contributed by atoms with Crippen molar-refractivity contribution < 1.29 is 0 Å². The van der Waals surface area contributed by atoms with Crippen LogP contribution in [0.2, 0.25) is 5.02 Å². The Morgan fingerprint density at radius 2 is 2.31 bits per heavy atom. The van der Waals surface area contributed by atoms with Crippen LogP contribution < -0.4 is 5.73 Å². The Kier molecular flexibility index (Phi) is 2.20. The summed E-state index contributed by atoms with van der Waals surface area (Å²) in [6.07, 6.45) is 1.55. The minimum Gasteiger partial charge on any atom is -0.383 e. The Hall–Kier alpha value is -1.06. The molecule has 0 atom stereocenters. The predicted octanol–water partition coefficient (Wildman–Crippen LogP) is 3.05. The molecule has 2 rings (SSSR count). The molecule has 0 aliphatic heterocycles. The summed E-state index contributed by atoms with van der Waals surface area (Å²) in [5.41, 5.74) is 6.62. The number of thiophene rings is 1. The van der Waals surface area contributed by atoms with Gasteiger partial charge < -0.3 is 5.73 Å². The second kappa shape index (κ2) is 3.36. The largest absolute Gasteiger partial charge is 0.383 e. The summed E-state index contributed by atoms with van der Waals surface area (Å²) < 4.78 is 0. The van der Waals surface area contributed by atoms with Crippen LogP contribution in [0.15, 0.2) is 29.8 Å². The molecule has 66 valence electrons. The number of anilines is 1. The van der Waals surface area contributed by atoms with Gasteiger partial charge in [-0.2, -0.15) is 0 Å². The van der Waals surface area contributed by atoms with Crippen molar-refractivity contribution in [2.45, 2.75) is 0 Å².